The van der Waals surface area contributed by atoms with Crippen molar-refractivity contribution >= 4 is 0 Å². The number of ether oxygens (including phenoxy) is 2. The van der Waals surface area contributed by atoms with Crippen molar-refractivity contribution in [3.8, 4) is 23.8 Å². The molecule has 0 aliphatic carbocycles. The molecular formula is C17H23NO2. The Hall–Kier alpha value is -1.66. The number of nitrogens with one attached hydrogen (secondary N) is 1. The summed E-state index contributed by atoms with van der Waals surface area (Å²) < 4.78 is 11.6. The molecule has 0 bridgehead atoms. The van der Waals surface area contributed by atoms with E-state index in [2.05, 4.69) is 37.2 Å². The highest BCUT2D eigenvalue weighted by molar-refractivity contribution is 5.48. The third-order valence-electron chi connectivity index (χ3n) is 3.53. The van der Waals surface area contributed by atoms with Crippen LogP contribution in [0.4, 0.5) is 0 Å². The smallest absolute Gasteiger partial charge is 0.124 e. The monoisotopic (exact) mass is 273 g/mol. The molecule has 0 saturated heterocycles. The highest BCUT2D eigenvalue weighted by Crippen LogP contribution is 2.35. The minimum absolute atomic E-state index is 0.0950. The maximum atomic E-state index is 5.82. The number of fused-ring (bicyclic) bond motifs is 1. The van der Waals surface area contributed by atoms with Crippen LogP contribution in [0.2, 0.25) is 0 Å². The van der Waals surface area contributed by atoms with Gasteiger partial charge in [0.2, 0.25) is 0 Å². The van der Waals surface area contributed by atoms with Gasteiger partial charge in [-0.1, -0.05) is 12.8 Å². The summed E-state index contributed by atoms with van der Waals surface area (Å²) in [5.74, 6) is 4.66. The van der Waals surface area contributed by atoms with E-state index in [0.29, 0.717) is 13.2 Å². The van der Waals surface area contributed by atoms with Crippen molar-refractivity contribution < 1.29 is 9.47 Å². The molecule has 2 unspecified atom stereocenters. The standard InChI is InChI=1S/C17H23NO2/c1-5-15(6-2)18-11-14-10-17-13(8-12(4)20-17)9-16(14)19-7-3/h1,9-10,12,15,18H,6-8,11H2,2-4H3. The van der Waals surface area contributed by atoms with Gasteiger partial charge in [-0.3, -0.25) is 5.32 Å². The third kappa shape index (κ3) is 3.26. The van der Waals surface area contributed by atoms with Crippen molar-refractivity contribution in [2.75, 3.05) is 6.61 Å². The molecule has 0 spiro atoms. The molecule has 3 heteroatoms. The number of hydrogen-bond acceptors (Lipinski definition) is 3. The molecule has 1 aliphatic rings. The Morgan fingerprint density at radius 3 is 2.95 bits per heavy atom. The lowest BCUT2D eigenvalue weighted by molar-refractivity contribution is 0.254. The van der Waals surface area contributed by atoms with E-state index in [1.165, 1.54) is 5.56 Å². The Balaban J connectivity index is 2.18. The van der Waals surface area contributed by atoms with Crippen LogP contribution >= 0.6 is 0 Å². The van der Waals surface area contributed by atoms with E-state index in [9.17, 15) is 0 Å². The van der Waals surface area contributed by atoms with Gasteiger partial charge in [0.25, 0.3) is 0 Å². The number of terminal acetylenes is 1. The summed E-state index contributed by atoms with van der Waals surface area (Å²) in [5.41, 5.74) is 2.34. The van der Waals surface area contributed by atoms with E-state index in [-0.39, 0.29) is 12.1 Å². The topological polar surface area (TPSA) is 30.5 Å². The molecule has 1 aromatic rings. The molecule has 2 atom stereocenters. The Bertz CT molecular complexity index is 504. The van der Waals surface area contributed by atoms with Crippen LogP contribution in [-0.4, -0.2) is 18.8 Å². The van der Waals surface area contributed by atoms with Crippen molar-refractivity contribution in [3.63, 3.8) is 0 Å². The minimum atomic E-state index is 0.0950. The second kappa shape index (κ2) is 6.67. The van der Waals surface area contributed by atoms with Gasteiger partial charge in [-0.2, -0.15) is 0 Å². The van der Waals surface area contributed by atoms with Crippen molar-refractivity contribution in [2.24, 2.45) is 0 Å². The van der Waals surface area contributed by atoms with Gasteiger partial charge in [-0.25, -0.2) is 0 Å². The number of rotatable bonds is 6. The second-order valence-electron chi connectivity index (χ2n) is 5.14. The lowest BCUT2D eigenvalue weighted by Crippen LogP contribution is -2.26. The number of benzene rings is 1. The Kier molecular flexibility index (Phi) is 4.92. The maximum Gasteiger partial charge on any atom is 0.124 e. The van der Waals surface area contributed by atoms with E-state index in [1.807, 2.05) is 6.92 Å². The van der Waals surface area contributed by atoms with Crippen molar-refractivity contribution in [3.05, 3.63) is 23.3 Å². The minimum Gasteiger partial charge on any atom is -0.494 e. The quantitative estimate of drug-likeness (QED) is 0.808. The molecule has 20 heavy (non-hydrogen) atoms. The molecule has 1 aromatic carbocycles. The lowest BCUT2D eigenvalue weighted by atomic mass is 10.1. The van der Waals surface area contributed by atoms with Crippen molar-refractivity contribution in [2.45, 2.75) is 52.3 Å². The van der Waals surface area contributed by atoms with Gasteiger partial charge >= 0.3 is 0 Å². The maximum absolute atomic E-state index is 5.82. The molecule has 2 rings (SSSR count). The molecule has 0 amide bonds. The van der Waals surface area contributed by atoms with Crippen molar-refractivity contribution in [1.82, 2.24) is 5.32 Å². The van der Waals surface area contributed by atoms with Gasteiger partial charge in [-0.05, 0) is 32.4 Å². The Labute approximate surface area is 121 Å². The summed E-state index contributed by atoms with van der Waals surface area (Å²) in [7, 11) is 0. The summed E-state index contributed by atoms with van der Waals surface area (Å²) in [6, 6.07) is 4.29. The molecule has 0 fully saturated rings. The van der Waals surface area contributed by atoms with E-state index in [4.69, 9.17) is 15.9 Å². The van der Waals surface area contributed by atoms with E-state index in [0.717, 1.165) is 29.9 Å². The first kappa shape index (κ1) is 14.7. The summed E-state index contributed by atoms with van der Waals surface area (Å²) in [4.78, 5) is 0. The van der Waals surface area contributed by atoms with Gasteiger partial charge in [0, 0.05) is 24.1 Å². The molecule has 0 radical (unpaired) electrons. The van der Waals surface area contributed by atoms with Crippen LogP contribution in [0.15, 0.2) is 12.1 Å². The highest BCUT2D eigenvalue weighted by atomic mass is 16.5. The summed E-state index contributed by atoms with van der Waals surface area (Å²) in [5, 5.41) is 3.36. The first-order chi connectivity index (χ1) is 9.67. The van der Waals surface area contributed by atoms with Gasteiger partial charge in [0.05, 0.1) is 12.6 Å². The molecule has 1 heterocycles. The highest BCUT2D eigenvalue weighted by Gasteiger charge is 2.21. The van der Waals surface area contributed by atoms with Gasteiger partial charge in [-0.15, -0.1) is 6.42 Å². The molecule has 1 aliphatic heterocycles. The zero-order chi connectivity index (χ0) is 14.5. The lowest BCUT2D eigenvalue weighted by Gasteiger charge is -2.15. The molecule has 108 valence electrons. The zero-order valence-electron chi connectivity index (χ0n) is 12.5. The van der Waals surface area contributed by atoms with Crippen molar-refractivity contribution in [1.29, 1.82) is 0 Å². The predicted octanol–water partition coefficient (Wildman–Crippen LogP) is 2.91. The predicted molar refractivity (Wildman–Crippen MR) is 81.2 cm³/mol. The summed E-state index contributed by atoms with van der Waals surface area (Å²) >= 11 is 0. The number of hydrogen-bond donors (Lipinski definition) is 1. The summed E-state index contributed by atoms with van der Waals surface area (Å²) in [6.07, 6.45) is 7.60. The fourth-order valence-corrected chi connectivity index (χ4v) is 2.46. The first-order valence-corrected chi connectivity index (χ1v) is 7.32. The second-order valence-corrected chi connectivity index (χ2v) is 5.14. The summed E-state index contributed by atoms with van der Waals surface area (Å²) in [6.45, 7) is 7.52. The first-order valence-electron chi connectivity index (χ1n) is 7.32. The SMILES string of the molecule is C#CC(CC)NCc1cc2c(cc1OCC)CC(C)O2. The van der Waals surface area contributed by atoms with Crippen LogP contribution in [0.5, 0.6) is 11.5 Å². The van der Waals surface area contributed by atoms with Gasteiger partial charge in [0.15, 0.2) is 0 Å². The van der Waals surface area contributed by atoms with Gasteiger partial charge < -0.3 is 9.47 Å². The molecule has 1 N–H and O–H groups in total. The van der Waals surface area contributed by atoms with Crippen LogP contribution in [0.1, 0.15) is 38.3 Å². The average Bonchev–Trinajstić information content (AvgIpc) is 2.79. The molecule has 0 aromatic heterocycles. The fourth-order valence-electron chi connectivity index (χ4n) is 2.46. The normalized spacial score (nSPS) is 18.0. The Morgan fingerprint density at radius 2 is 2.30 bits per heavy atom. The fraction of sp³-hybridized carbons (Fsp3) is 0.529. The van der Waals surface area contributed by atoms with Gasteiger partial charge in [0.1, 0.15) is 17.6 Å². The molecule has 0 saturated carbocycles. The van der Waals surface area contributed by atoms with Crippen LogP contribution in [-0.2, 0) is 13.0 Å². The van der Waals surface area contributed by atoms with E-state index < -0.39 is 0 Å². The van der Waals surface area contributed by atoms with Crippen LogP contribution in [0.25, 0.3) is 0 Å². The third-order valence-corrected chi connectivity index (χ3v) is 3.53. The Morgan fingerprint density at radius 1 is 1.50 bits per heavy atom. The molecular weight excluding hydrogens is 250 g/mol. The van der Waals surface area contributed by atoms with Crippen LogP contribution in [0.3, 0.4) is 0 Å². The van der Waals surface area contributed by atoms with Crippen LogP contribution in [0, 0.1) is 12.3 Å². The van der Waals surface area contributed by atoms with Crippen LogP contribution < -0.4 is 14.8 Å². The average molecular weight is 273 g/mol. The van der Waals surface area contributed by atoms with E-state index >= 15 is 0 Å². The van der Waals surface area contributed by atoms with E-state index in [1.54, 1.807) is 0 Å². The zero-order valence-corrected chi connectivity index (χ0v) is 12.5. The largest absolute Gasteiger partial charge is 0.494 e. The molecule has 3 nitrogen and oxygen atoms in total.